The van der Waals surface area contributed by atoms with Gasteiger partial charge in [-0.05, 0) is 31.6 Å². The summed E-state index contributed by atoms with van der Waals surface area (Å²) in [6, 6.07) is 0.110. The molecule has 1 aromatic rings. The van der Waals surface area contributed by atoms with Gasteiger partial charge in [0.05, 0.1) is 12.1 Å². The second kappa shape index (κ2) is 6.19. The number of hydrogen-bond donors (Lipinski definition) is 3. The van der Waals surface area contributed by atoms with Gasteiger partial charge >= 0.3 is 0 Å². The van der Waals surface area contributed by atoms with Crippen molar-refractivity contribution in [2.45, 2.75) is 44.8 Å². The van der Waals surface area contributed by atoms with Gasteiger partial charge in [0, 0.05) is 13.2 Å². The van der Waals surface area contributed by atoms with E-state index in [0.29, 0.717) is 21.7 Å². The van der Waals surface area contributed by atoms with Crippen LogP contribution in [0.25, 0.3) is 0 Å². The smallest absolute Gasteiger partial charge is 0.265 e. The SMILES string of the molecule is CCCNc1nc(N)c(C(=O)NC2CCOC2C2CC2)s1. The van der Waals surface area contributed by atoms with Gasteiger partial charge in [0.1, 0.15) is 10.7 Å². The molecule has 1 saturated heterocycles. The first kappa shape index (κ1) is 14.6. The summed E-state index contributed by atoms with van der Waals surface area (Å²) in [6.07, 6.45) is 4.49. The summed E-state index contributed by atoms with van der Waals surface area (Å²) in [5, 5.41) is 6.95. The van der Waals surface area contributed by atoms with E-state index < -0.39 is 0 Å². The number of carbonyl (C=O) groups is 1. The number of nitrogens with one attached hydrogen (secondary N) is 2. The Morgan fingerprint density at radius 3 is 3.00 bits per heavy atom. The molecule has 1 aliphatic carbocycles. The average Bonchev–Trinajstić information content (AvgIpc) is 3.09. The van der Waals surface area contributed by atoms with Crippen LogP contribution in [0.1, 0.15) is 42.3 Å². The first-order valence-corrected chi connectivity index (χ1v) is 8.43. The van der Waals surface area contributed by atoms with Gasteiger partial charge in [-0.1, -0.05) is 18.3 Å². The van der Waals surface area contributed by atoms with Crippen LogP contribution >= 0.6 is 11.3 Å². The van der Waals surface area contributed by atoms with E-state index in [1.807, 2.05) is 0 Å². The highest BCUT2D eigenvalue weighted by molar-refractivity contribution is 7.18. The van der Waals surface area contributed by atoms with E-state index in [1.54, 1.807) is 0 Å². The second-order valence-corrected chi connectivity index (χ2v) is 6.70. The van der Waals surface area contributed by atoms with Crippen molar-refractivity contribution in [1.29, 1.82) is 0 Å². The number of carbonyl (C=O) groups excluding carboxylic acids is 1. The largest absolute Gasteiger partial charge is 0.382 e. The normalized spacial score (nSPS) is 25.0. The van der Waals surface area contributed by atoms with Crippen molar-refractivity contribution < 1.29 is 9.53 Å². The van der Waals surface area contributed by atoms with Gasteiger partial charge in [0.25, 0.3) is 5.91 Å². The molecule has 2 fully saturated rings. The molecule has 3 rings (SSSR count). The van der Waals surface area contributed by atoms with Crippen molar-refractivity contribution in [2.24, 2.45) is 5.92 Å². The number of aromatic nitrogens is 1. The summed E-state index contributed by atoms with van der Waals surface area (Å²) in [6.45, 7) is 3.64. The topological polar surface area (TPSA) is 89.3 Å². The molecule has 1 amide bonds. The number of amides is 1. The summed E-state index contributed by atoms with van der Waals surface area (Å²) in [5.74, 6) is 0.798. The van der Waals surface area contributed by atoms with Crippen LogP contribution in [0.5, 0.6) is 0 Å². The van der Waals surface area contributed by atoms with Crippen LogP contribution in [0.3, 0.4) is 0 Å². The number of thiazole rings is 1. The predicted octanol–water partition coefficient (Wildman–Crippen LogP) is 1.84. The Morgan fingerprint density at radius 1 is 1.48 bits per heavy atom. The van der Waals surface area contributed by atoms with Gasteiger partial charge in [-0.25, -0.2) is 4.98 Å². The molecule has 2 unspecified atom stereocenters. The maximum Gasteiger partial charge on any atom is 0.265 e. The Balaban J connectivity index is 1.63. The Kier molecular flexibility index (Phi) is 4.30. The van der Waals surface area contributed by atoms with Crippen molar-refractivity contribution in [3.05, 3.63) is 4.88 Å². The minimum absolute atomic E-state index is 0.110. The number of nitrogen functional groups attached to an aromatic ring is 1. The lowest BCUT2D eigenvalue weighted by atomic mass is 10.1. The van der Waals surface area contributed by atoms with E-state index >= 15 is 0 Å². The fourth-order valence-corrected chi connectivity index (χ4v) is 3.50. The molecule has 116 valence electrons. The Morgan fingerprint density at radius 2 is 2.29 bits per heavy atom. The minimum Gasteiger partial charge on any atom is -0.382 e. The van der Waals surface area contributed by atoms with Crippen LogP contribution in [0, 0.1) is 5.92 Å². The van der Waals surface area contributed by atoms with E-state index in [9.17, 15) is 4.79 Å². The van der Waals surface area contributed by atoms with Crippen LogP contribution in [0.2, 0.25) is 0 Å². The fourth-order valence-electron chi connectivity index (χ4n) is 2.69. The lowest BCUT2D eigenvalue weighted by Gasteiger charge is -2.19. The van der Waals surface area contributed by atoms with Crippen LogP contribution in [-0.2, 0) is 4.74 Å². The molecule has 2 heterocycles. The molecule has 0 bridgehead atoms. The van der Waals surface area contributed by atoms with Crippen molar-refractivity contribution in [3.63, 3.8) is 0 Å². The van der Waals surface area contributed by atoms with E-state index in [1.165, 1.54) is 24.2 Å². The molecule has 4 N–H and O–H groups in total. The predicted molar refractivity (Wildman–Crippen MR) is 83.6 cm³/mol. The molecule has 0 spiro atoms. The summed E-state index contributed by atoms with van der Waals surface area (Å²) in [7, 11) is 0. The van der Waals surface area contributed by atoms with Crippen LogP contribution in [0.15, 0.2) is 0 Å². The third kappa shape index (κ3) is 3.29. The number of hydrogen-bond acceptors (Lipinski definition) is 6. The summed E-state index contributed by atoms with van der Waals surface area (Å²) in [5.41, 5.74) is 5.86. The van der Waals surface area contributed by atoms with Gasteiger partial charge in [-0.15, -0.1) is 0 Å². The maximum absolute atomic E-state index is 12.4. The van der Waals surface area contributed by atoms with Gasteiger partial charge in [0.15, 0.2) is 5.13 Å². The number of nitrogens with zero attached hydrogens (tertiary/aromatic N) is 1. The van der Waals surface area contributed by atoms with Crippen LogP contribution in [0.4, 0.5) is 10.9 Å². The molecule has 1 saturated carbocycles. The first-order valence-electron chi connectivity index (χ1n) is 7.61. The van der Waals surface area contributed by atoms with Crippen molar-refractivity contribution in [2.75, 3.05) is 24.2 Å². The van der Waals surface area contributed by atoms with Crippen molar-refractivity contribution in [3.8, 4) is 0 Å². The molecule has 1 aromatic heterocycles. The molecule has 21 heavy (non-hydrogen) atoms. The lowest BCUT2D eigenvalue weighted by Crippen LogP contribution is -2.41. The third-order valence-corrected chi connectivity index (χ3v) is 4.95. The van der Waals surface area contributed by atoms with Gasteiger partial charge in [-0.2, -0.15) is 0 Å². The summed E-state index contributed by atoms with van der Waals surface area (Å²) >= 11 is 1.32. The molecule has 7 heteroatoms. The van der Waals surface area contributed by atoms with Crippen LogP contribution < -0.4 is 16.4 Å². The van der Waals surface area contributed by atoms with Gasteiger partial charge in [-0.3, -0.25) is 4.79 Å². The summed E-state index contributed by atoms with van der Waals surface area (Å²) < 4.78 is 5.74. The fraction of sp³-hybridized carbons (Fsp3) is 0.714. The Hall–Kier alpha value is -1.34. The maximum atomic E-state index is 12.4. The zero-order chi connectivity index (χ0) is 14.8. The lowest BCUT2D eigenvalue weighted by molar-refractivity contribution is 0.0731. The van der Waals surface area contributed by atoms with Crippen LogP contribution in [-0.4, -0.2) is 36.2 Å². The van der Waals surface area contributed by atoms with E-state index in [4.69, 9.17) is 10.5 Å². The van der Waals surface area contributed by atoms with Gasteiger partial charge < -0.3 is 21.1 Å². The Labute approximate surface area is 128 Å². The number of anilines is 2. The average molecular weight is 310 g/mol. The molecular formula is C14H22N4O2S. The molecular weight excluding hydrogens is 288 g/mol. The first-order chi connectivity index (χ1) is 10.2. The second-order valence-electron chi connectivity index (χ2n) is 5.70. The number of ether oxygens (including phenoxy) is 1. The molecule has 0 radical (unpaired) electrons. The summed E-state index contributed by atoms with van der Waals surface area (Å²) in [4.78, 5) is 17.1. The quantitative estimate of drug-likeness (QED) is 0.746. The van der Waals surface area contributed by atoms with Gasteiger partial charge in [0.2, 0.25) is 0 Å². The molecule has 6 nitrogen and oxygen atoms in total. The molecule has 2 aliphatic rings. The number of nitrogens with two attached hydrogens (primary N) is 1. The molecule has 0 aromatic carbocycles. The highest BCUT2D eigenvalue weighted by atomic mass is 32.1. The molecule has 2 atom stereocenters. The standard InChI is InChI=1S/C14H22N4O2S/c1-2-6-16-14-18-12(15)11(21-14)13(19)17-9-5-7-20-10(9)8-3-4-8/h8-10H,2-7,15H2,1H3,(H,16,18)(H,17,19). The molecule has 1 aliphatic heterocycles. The zero-order valence-corrected chi connectivity index (χ0v) is 13.0. The monoisotopic (exact) mass is 310 g/mol. The van der Waals surface area contributed by atoms with Crippen molar-refractivity contribution in [1.82, 2.24) is 10.3 Å². The Bertz CT molecular complexity index is 515. The van der Waals surface area contributed by atoms with E-state index in [-0.39, 0.29) is 18.1 Å². The zero-order valence-electron chi connectivity index (χ0n) is 12.2. The van der Waals surface area contributed by atoms with E-state index in [0.717, 1.165) is 26.0 Å². The minimum atomic E-state index is -0.129. The third-order valence-electron chi connectivity index (χ3n) is 3.92. The number of rotatable bonds is 6. The van der Waals surface area contributed by atoms with Crippen molar-refractivity contribution >= 4 is 28.2 Å². The highest BCUT2D eigenvalue weighted by Crippen LogP contribution is 2.39. The van der Waals surface area contributed by atoms with E-state index in [2.05, 4.69) is 22.5 Å². The highest BCUT2D eigenvalue weighted by Gasteiger charge is 2.41.